The van der Waals surface area contributed by atoms with Crippen LogP contribution >= 0.6 is 11.3 Å². The molecule has 0 bridgehead atoms. The number of aromatic nitrogens is 1. The van der Waals surface area contributed by atoms with Crippen LogP contribution in [0.5, 0.6) is 0 Å². The summed E-state index contributed by atoms with van der Waals surface area (Å²) in [5, 5.41) is 10.2. The van der Waals surface area contributed by atoms with Gasteiger partial charge in [-0.3, -0.25) is 10.1 Å². The molecule has 0 fully saturated rings. The Morgan fingerprint density at radius 2 is 1.74 bits per heavy atom. The van der Waals surface area contributed by atoms with Crippen molar-refractivity contribution in [3.8, 4) is 0 Å². The molecular weight excluding hydrogens is 360 g/mol. The second-order valence-corrected chi connectivity index (χ2v) is 7.05. The molecular formula is C20H20N4O2S. The van der Waals surface area contributed by atoms with Gasteiger partial charge in [0.15, 0.2) is 5.13 Å². The first-order chi connectivity index (χ1) is 12.9. The molecule has 3 N–H and O–H groups in total. The van der Waals surface area contributed by atoms with Crippen LogP contribution in [0.25, 0.3) is 0 Å². The Balaban J connectivity index is 1.63. The monoisotopic (exact) mass is 380 g/mol. The minimum absolute atomic E-state index is 0.256. The fourth-order valence-electron chi connectivity index (χ4n) is 2.49. The first-order valence-corrected chi connectivity index (χ1v) is 9.28. The number of rotatable bonds is 4. The number of urea groups is 1. The summed E-state index contributed by atoms with van der Waals surface area (Å²) in [6.07, 6.45) is 0. The zero-order chi connectivity index (χ0) is 19.4. The Labute approximate surface area is 161 Å². The fraction of sp³-hybridized carbons (Fsp3) is 0.150. The minimum atomic E-state index is -0.406. The molecule has 27 heavy (non-hydrogen) atoms. The van der Waals surface area contributed by atoms with E-state index in [1.165, 1.54) is 11.3 Å². The lowest BCUT2D eigenvalue weighted by Crippen LogP contribution is -2.19. The summed E-state index contributed by atoms with van der Waals surface area (Å²) in [5.74, 6) is -0.313. The molecule has 7 heteroatoms. The molecule has 3 amide bonds. The lowest BCUT2D eigenvalue weighted by atomic mass is 10.1. The normalized spacial score (nSPS) is 10.3. The number of amides is 3. The summed E-state index contributed by atoms with van der Waals surface area (Å²) in [5.41, 5.74) is 4.86. The number of carbonyl (C=O) groups is 2. The number of hydrogen-bond acceptors (Lipinski definition) is 4. The minimum Gasteiger partial charge on any atom is -0.320 e. The SMILES string of the molecule is Cc1cccc(NC(=O)Nc2nc(C(=O)Nc3cccc(C)c3C)cs2)c1. The third-order valence-electron chi connectivity index (χ3n) is 4.09. The van der Waals surface area contributed by atoms with Gasteiger partial charge in [0.05, 0.1) is 0 Å². The predicted molar refractivity (Wildman–Crippen MR) is 110 cm³/mol. The topological polar surface area (TPSA) is 83.1 Å². The van der Waals surface area contributed by atoms with Crippen molar-refractivity contribution in [3.05, 3.63) is 70.2 Å². The van der Waals surface area contributed by atoms with Gasteiger partial charge < -0.3 is 10.6 Å². The van der Waals surface area contributed by atoms with E-state index in [2.05, 4.69) is 20.9 Å². The molecule has 3 aromatic rings. The fourth-order valence-corrected chi connectivity index (χ4v) is 3.18. The largest absolute Gasteiger partial charge is 0.325 e. The molecule has 0 aliphatic heterocycles. The molecule has 138 valence electrons. The van der Waals surface area contributed by atoms with E-state index in [-0.39, 0.29) is 11.6 Å². The molecule has 0 spiro atoms. The van der Waals surface area contributed by atoms with Crippen LogP contribution in [0, 0.1) is 20.8 Å². The third kappa shape index (κ3) is 4.71. The molecule has 6 nitrogen and oxygen atoms in total. The first kappa shape index (κ1) is 18.6. The van der Waals surface area contributed by atoms with Gasteiger partial charge in [0.1, 0.15) is 5.69 Å². The highest BCUT2D eigenvalue weighted by Gasteiger charge is 2.14. The molecule has 0 aliphatic carbocycles. The maximum absolute atomic E-state index is 12.4. The van der Waals surface area contributed by atoms with Crippen LogP contribution in [-0.4, -0.2) is 16.9 Å². The molecule has 0 unspecified atom stereocenters. The van der Waals surface area contributed by atoms with Crippen molar-refractivity contribution in [2.75, 3.05) is 16.0 Å². The molecule has 0 aliphatic rings. The van der Waals surface area contributed by atoms with E-state index in [4.69, 9.17) is 0 Å². The number of benzene rings is 2. The standard InChI is InChI=1S/C20H20N4O2S/c1-12-6-4-8-15(10-12)21-19(26)24-20-23-17(11-27-20)18(25)22-16-9-5-7-13(2)14(16)3/h4-11H,1-3H3,(H,22,25)(H2,21,23,24,26). The number of nitrogens with zero attached hydrogens (tertiary/aromatic N) is 1. The number of thiazole rings is 1. The smallest absolute Gasteiger partial charge is 0.320 e. The average Bonchev–Trinajstić information content (AvgIpc) is 3.07. The molecule has 0 atom stereocenters. The van der Waals surface area contributed by atoms with E-state index < -0.39 is 6.03 Å². The van der Waals surface area contributed by atoms with Gasteiger partial charge in [0.2, 0.25) is 0 Å². The molecule has 0 saturated heterocycles. The highest BCUT2D eigenvalue weighted by molar-refractivity contribution is 7.14. The number of anilines is 3. The van der Waals surface area contributed by atoms with Gasteiger partial charge >= 0.3 is 6.03 Å². The van der Waals surface area contributed by atoms with Gasteiger partial charge in [0, 0.05) is 16.8 Å². The Morgan fingerprint density at radius 1 is 0.963 bits per heavy atom. The van der Waals surface area contributed by atoms with E-state index in [1.807, 2.05) is 57.2 Å². The Bertz CT molecular complexity index is 997. The zero-order valence-corrected chi connectivity index (χ0v) is 16.1. The maximum Gasteiger partial charge on any atom is 0.325 e. The summed E-state index contributed by atoms with van der Waals surface area (Å²) < 4.78 is 0. The molecule has 1 heterocycles. The Morgan fingerprint density at radius 3 is 2.52 bits per heavy atom. The van der Waals surface area contributed by atoms with Gasteiger partial charge in [-0.25, -0.2) is 9.78 Å². The number of nitrogens with one attached hydrogen (secondary N) is 3. The average molecular weight is 380 g/mol. The van der Waals surface area contributed by atoms with E-state index in [9.17, 15) is 9.59 Å². The van der Waals surface area contributed by atoms with Crippen molar-refractivity contribution in [1.29, 1.82) is 0 Å². The van der Waals surface area contributed by atoms with E-state index in [0.29, 0.717) is 10.8 Å². The molecule has 0 radical (unpaired) electrons. The van der Waals surface area contributed by atoms with Gasteiger partial charge in [0.25, 0.3) is 5.91 Å². The summed E-state index contributed by atoms with van der Waals surface area (Å²) in [6.45, 7) is 5.89. The van der Waals surface area contributed by atoms with Crippen molar-refractivity contribution in [2.45, 2.75) is 20.8 Å². The second-order valence-electron chi connectivity index (χ2n) is 6.19. The van der Waals surface area contributed by atoms with Crippen LogP contribution in [0.4, 0.5) is 21.3 Å². The van der Waals surface area contributed by atoms with Gasteiger partial charge in [-0.05, 0) is 55.7 Å². The number of carbonyl (C=O) groups excluding carboxylic acids is 2. The van der Waals surface area contributed by atoms with Crippen molar-refractivity contribution in [2.24, 2.45) is 0 Å². The summed E-state index contributed by atoms with van der Waals surface area (Å²) in [7, 11) is 0. The second kappa shape index (κ2) is 8.01. The van der Waals surface area contributed by atoms with E-state index in [0.717, 1.165) is 22.4 Å². The van der Waals surface area contributed by atoms with Gasteiger partial charge in [-0.15, -0.1) is 11.3 Å². The summed E-state index contributed by atoms with van der Waals surface area (Å²) in [4.78, 5) is 28.7. The third-order valence-corrected chi connectivity index (χ3v) is 4.84. The van der Waals surface area contributed by atoms with Crippen molar-refractivity contribution < 1.29 is 9.59 Å². The Kier molecular flexibility index (Phi) is 5.52. The van der Waals surface area contributed by atoms with Crippen LogP contribution in [0.1, 0.15) is 27.2 Å². The van der Waals surface area contributed by atoms with Crippen LogP contribution < -0.4 is 16.0 Å². The first-order valence-electron chi connectivity index (χ1n) is 8.40. The molecule has 2 aromatic carbocycles. The van der Waals surface area contributed by atoms with Crippen molar-refractivity contribution in [3.63, 3.8) is 0 Å². The quantitative estimate of drug-likeness (QED) is 0.598. The number of aryl methyl sites for hydroxylation is 2. The van der Waals surface area contributed by atoms with Crippen LogP contribution in [0.15, 0.2) is 47.8 Å². The summed E-state index contributed by atoms with van der Waals surface area (Å²) in [6, 6.07) is 12.8. The number of hydrogen-bond donors (Lipinski definition) is 3. The summed E-state index contributed by atoms with van der Waals surface area (Å²) >= 11 is 1.19. The van der Waals surface area contributed by atoms with E-state index >= 15 is 0 Å². The molecule has 0 saturated carbocycles. The highest BCUT2D eigenvalue weighted by atomic mass is 32.1. The van der Waals surface area contributed by atoms with Gasteiger partial charge in [-0.2, -0.15) is 0 Å². The highest BCUT2D eigenvalue weighted by Crippen LogP contribution is 2.21. The molecule has 1 aromatic heterocycles. The lowest BCUT2D eigenvalue weighted by molar-refractivity contribution is 0.102. The Hall–Kier alpha value is -3.19. The van der Waals surface area contributed by atoms with Crippen molar-refractivity contribution in [1.82, 2.24) is 4.98 Å². The van der Waals surface area contributed by atoms with Crippen LogP contribution in [-0.2, 0) is 0 Å². The lowest BCUT2D eigenvalue weighted by Gasteiger charge is -2.09. The van der Waals surface area contributed by atoms with E-state index in [1.54, 1.807) is 11.4 Å². The maximum atomic E-state index is 12.4. The zero-order valence-electron chi connectivity index (χ0n) is 15.3. The van der Waals surface area contributed by atoms with Gasteiger partial charge in [-0.1, -0.05) is 24.3 Å². The predicted octanol–water partition coefficient (Wildman–Crippen LogP) is 4.96. The van der Waals surface area contributed by atoms with Crippen LogP contribution in [0.2, 0.25) is 0 Å². The van der Waals surface area contributed by atoms with Crippen molar-refractivity contribution >= 4 is 39.8 Å². The van der Waals surface area contributed by atoms with Crippen LogP contribution in [0.3, 0.4) is 0 Å². The molecule has 3 rings (SSSR count).